The lowest BCUT2D eigenvalue weighted by Crippen LogP contribution is -2.44. The van der Waals surface area contributed by atoms with Gasteiger partial charge < -0.3 is 21.1 Å². The van der Waals surface area contributed by atoms with E-state index in [4.69, 9.17) is 25.6 Å². The van der Waals surface area contributed by atoms with Crippen LogP contribution in [0.1, 0.15) is 50.5 Å². The van der Waals surface area contributed by atoms with Crippen LogP contribution in [0, 0.1) is 0 Å². The zero-order valence-electron chi connectivity index (χ0n) is 21.8. The second-order valence-electron chi connectivity index (χ2n) is 10.1. The standard InChI is InChI=1S/C24H33N7O.C2HF3O2/c1-29-22(32)20-21(27-23(29)26-19-12-6-3-7-13-19)28-24(30-14-8-11-18(25)16-30)31(20)15-17-9-4-2-5-10-17;3-2(4,5)1(6)7/h2,4-5,9-10,18-19H,3,6-8,11-16,25H2,1H3,(H,26,27);(H,6,7). The topological polar surface area (TPSA) is 131 Å². The van der Waals surface area contributed by atoms with E-state index in [1.165, 1.54) is 19.3 Å². The average molecular weight is 550 g/mol. The zero-order valence-corrected chi connectivity index (χ0v) is 21.8. The zero-order chi connectivity index (χ0) is 28.2. The van der Waals surface area contributed by atoms with E-state index in [9.17, 15) is 18.0 Å². The lowest BCUT2D eigenvalue weighted by atomic mass is 9.96. The van der Waals surface area contributed by atoms with Crippen molar-refractivity contribution in [2.24, 2.45) is 12.8 Å². The van der Waals surface area contributed by atoms with Crippen molar-refractivity contribution in [2.75, 3.05) is 23.3 Å². The van der Waals surface area contributed by atoms with Crippen molar-refractivity contribution in [1.82, 2.24) is 19.1 Å². The summed E-state index contributed by atoms with van der Waals surface area (Å²) in [5, 5.41) is 10.6. The molecule has 10 nitrogen and oxygen atoms in total. The van der Waals surface area contributed by atoms with Crippen molar-refractivity contribution < 1.29 is 23.1 Å². The molecule has 1 atom stereocenters. The predicted molar refractivity (Wildman–Crippen MR) is 142 cm³/mol. The molecule has 13 heteroatoms. The van der Waals surface area contributed by atoms with E-state index >= 15 is 0 Å². The van der Waals surface area contributed by atoms with Crippen LogP contribution in [0.15, 0.2) is 35.1 Å². The largest absolute Gasteiger partial charge is 0.490 e. The molecular weight excluding hydrogens is 515 g/mol. The molecule has 0 radical (unpaired) electrons. The number of fused-ring (bicyclic) bond motifs is 1. The fourth-order valence-electron chi connectivity index (χ4n) is 5.06. The molecule has 5 rings (SSSR count). The normalized spacial score (nSPS) is 18.5. The molecule has 1 aliphatic carbocycles. The lowest BCUT2D eigenvalue weighted by molar-refractivity contribution is -0.192. The number of hydrogen-bond donors (Lipinski definition) is 3. The van der Waals surface area contributed by atoms with Gasteiger partial charge in [0.1, 0.15) is 0 Å². The Balaban J connectivity index is 0.000000448. The number of nitrogens with zero attached hydrogens (tertiary/aromatic N) is 5. The number of piperidine rings is 1. The van der Waals surface area contributed by atoms with E-state index in [0.29, 0.717) is 29.7 Å². The Morgan fingerprint density at radius 2 is 1.77 bits per heavy atom. The first kappa shape index (κ1) is 28.4. The molecular formula is C26H34F3N7O3. The molecule has 4 N–H and O–H groups in total. The monoisotopic (exact) mass is 549 g/mol. The molecule has 2 aromatic heterocycles. The number of alkyl halides is 3. The highest BCUT2D eigenvalue weighted by Crippen LogP contribution is 2.26. The van der Waals surface area contributed by atoms with Crippen LogP contribution in [0.4, 0.5) is 25.1 Å². The fourth-order valence-corrected chi connectivity index (χ4v) is 5.06. The van der Waals surface area contributed by atoms with Gasteiger partial charge in [0, 0.05) is 32.2 Å². The molecule has 212 valence electrons. The molecule has 2 aliphatic rings. The minimum absolute atomic E-state index is 0.0655. The molecule has 1 aliphatic heterocycles. The second-order valence-corrected chi connectivity index (χ2v) is 10.1. The Morgan fingerprint density at radius 3 is 2.38 bits per heavy atom. The number of carbonyl (C=O) groups is 1. The Hall–Kier alpha value is -3.61. The first-order valence-corrected chi connectivity index (χ1v) is 13.1. The highest BCUT2D eigenvalue weighted by atomic mass is 19.4. The number of aliphatic carboxylic acids is 1. The van der Waals surface area contributed by atoms with Gasteiger partial charge >= 0.3 is 12.1 Å². The average Bonchev–Trinajstić information content (AvgIpc) is 3.26. The van der Waals surface area contributed by atoms with Crippen molar-refractivity contribution in [2.45, 2.75) is 69.8 Å². The van der Waals surface area contributed by atoms with Gasteiger partial charge in [0.15, 0.2) is 11.2 Å². The number of imidazole rings is 1. The Morgan fingerprint density at radius 1 is 1.10 bits per heavy atom. The number of rotatable bonds is 5. The summed E-state index contributed by atoms with van der Waals surface area (Å²) >= 11 is 0. The Bertz CT molecular complexity index is 1330. The number of hydrogen-bond acceptors (Lipinski definition) is 7. The number of carboxylic acid groups (broad SMARTS) is 1. The Labute approximate surface area is 223 Å². The molecule has 0 amide bonds. The van der Waals surface area contributed by atoms with Crippen LogP contribution in [0.25, 0.3) is 11.2 Å². The molecule has 0 spiro atoms. The quantitative estimate of drug-likeness (QED) is 0.441. The van der Waals surface area contributed by atoms with Crippen LogP contribution < -0.4 is 21.5 Å². The van der Waals surface area contributed by atoms with Crippen LogP contribution in [0.5, 0.6) is 0 Å². The molecule has 1 saturated carbocycles. The van der Waals surface area contributed by atoms with Gasteiger partial charge in [0.2, 0.25) is 11.9 Å². The number of benzene rings is 1. The van der Waals surface area contributed by atoms with Crippen molar-refractivity contribution >= 4 is 29.0 Å². The van der Waals surface area contributed by atoms with Crippen molar-refractivity contribution in [3.8, 4) is 0 Å². The summed E-state index contributed by atoms with van der Waals surface area (Å²) in [6.07, 6.45) is 2.92. The number of halogens is 3. The van der Waals surface area contributed by atoms with E-state index in [-0.39, 0.29) is 11.6 Å². The van der Waals surface area contributed by atoms with Gasteiger partial charge in [-0.05, 0) is 31.2 Å². The second kappa shape index (κ2) is 12.1. The summed E-state index contributed by atoms with van der Waals surface area (Å²) < 4.78 is 35.4. The Kier molecular flexibility index (Phi) is 8.78. The van der Waals surface area contributed by atoms with Gasteiger partial charge in [0.05, 0.1) is 6.54 Å². The number of carboxylic acids is 1. The van der Waals surface area contributed by atoms with Gasteiger partial charge in [0.25, 0.3) is 5.56 Å². The van der Waals surface area contributed by atoms with E-state index in [1.54, 1.807) is 11.6 Å². The number of anilines is 2. The highest BCUT2D eigenvalue weighted by Gasteiger charge is 2.38. The minimum atomic E-state index is -5.08. The molecule has 3 aromatic rings. The van der Waals surface area contributed by atoms with E-state index in [2.05, 4.69) is 22.3 Å². The summed E-state index contributed by atoms with van der Waals surface area (Å²) in [6.45, 7) is 2.20. The summed E-state index contributed by atoms with van der Waals surface area (Å²) in [7, 11) is 1.80. The van der Waals surface area contributed by atoms with Crippen LogP contribution in [-0.2, 0) is 18.4 Å². The third-order valence-electron chi connectivity index (χ3n) is 7.07. The molecule has 39 heavy (non-hydrogen) atoms. The van der Waals surface area contributed by atoms with Crippen molar-refractivity contribution in [3.63, 3.8) is 0 Å². The summed E-state index contributed by atoms with van der Waals surface area (Å²) in [5.74, 6) is -1.36. The third-order valence-corrected chi connectivity index (χ3v) is 7.07. The predicted octanol–water partition coefficient (Wildman–Crippen LogP) is 3.48. The fraction of sp³-hybridized carbons (Fsp3) is 0.538. The van der Waals surface area contributed by atoms with Gasteiger partial charge in [-0.25, -0.2) is 4.79 Å². The van der Waals surface area contributed by atoms with Gasteiger partial charge in [-0.1, -0.05) is 49.6 Å². The van der Waals surface area contributed by atoms with E-state index < -0.39 is 12.1 Å². The molecule has 1 saturated heterocycles. The van der Waals surface area contributed by atoms with Gasteiger partial charge in [-0.15, -0.1) is 0 Å². The van der Waals surface area contributed by atoms with Crippen LogP contribution in [-0.4, -0.2) is 61.5 Å². The third kappa shape index (κ3) is 6.88. The van der Waals surface area contributed by atoms with Crippen molar-refractivity contribution in [1.29, 1.82) is 0 Å². The van der Waals surface area contributed by atoms with Crippen LogP contribution in [0.2, 0.25) is 0 Å². The maximum absolute atomic E-state index is 13.5. The summed E-state index contributed by atoms with van der Waals surface area (Å²) in [5.41, 5.74) is 8.40. The molecule has 1 aromatic carbocycles. The smallest absolute Gasteiger partial charge is 0.475 e. The van der Waals surface area contributed by atoms with E-state index in [0.717, 1.165) is 50.3 Å². The number of nitrogens with two attached hydrogens (primary N) is 1. The first-order valence-electron chi connectivity index (χ1n) is 13.1. The maximum Gasteiger partial charge on any atom is 0.490 e. The van der Waals surface area contributed by atoms with Crippen LogP contribution in [0.3, 0.4) is 0 Å². The van der Waals surface area contributed by atoms with Crippen LogP contribution >= 0.6 is 0 Å². The minimum Gasteiger partial charge on any atom is -0.475 e. The highest BCUT2D eigenvalue weighted by molar-refractivity contribution is 5.76. The SMILES string of the molecule is Cn1c(NC2CCCCC2)nc2nc(N3CCCC(N)C3)n(Cc3ccccc3)c2c1=O.O=C(O)C(F)(F)F. The molecule has 3 heterocycles. The summed E-state index contributed by atoms with van der Waals surface area (Å²) in [4.78, 5) is 34.4. The lowest BCUT2D eigenvalue weighted by Gasteiger charge is -2.31. The van der Waals surface area contributed by atoms with Crippen molar-refractivity contribution in [3.05, 3.63) is 46.2 Å². The number of nitrogens with one attached hydrogen (secondary N) is 1. The first-order chi connectivity index (χ1) is 18.5. The van der Waals surface area contributed by atoms with Gasteiger partial charge in [-0.3, -0.25) is 13.9 Å². The van der Waals surface area contributed by atoms with E-state index in [1.807, 2.05) is 22.8 Å². The molecule has 0 bridgehead atoms. The number of aromatic nitrogens is 4. The molecule has 2 fully saturated rings. The van der Waals surface area contributed by atoms with Gasteiger partial charge in [-0.2, -0.15) is 23.1 Å². The summed E-state index contributed by atoms with van der Waals surface area (Å²) in [6, 6.07) is 10.7. The molecule has 1 unspecified atom stereocenters. The maximum atomic E-state index is 13.5.